The van der Waals surface area contributed by atoms with Crippen LogP contribution in [0.25, 0.3) is 0 Å². The lowest BCUT2D eigenvalue weighted by molar-refractivity contribution is -0.134. The number of carboxylic acids is 1. The number of carbonyl (C=O) groups excluding carboxylic acids is 3. The van der Waals surface area contributed by atoms with Crippen molar-refractivity contribution in [2.75, 3.05) is 38.3 Å². The minimum atomic E-state index is -1.39. The van der Waals surface area contributed by atoms with Gasteiger partial charge in [-0.1, -0.05) is 13.2 Å². The van der Waals surface area contributed by atoms with E-state index in [1.54, 1.807) is 12.5 Å². The molecular formula is C21H29N5O6S. The second-order valence-corrected chi connectivity index (χ2v) is 8.35. The molecule has 0 aliphatic carbocycles. The fraction of sp³-hybridized carbons (Fsp3) is 0.476. The number of aliphatic carboxylic acids is 1. The van der Waals surface area contributed by atoms with Gasteiger partial charge in [0.25, 0.3) is 11.8 Å². The van der Waals surface area contributed by atoms with Gasteiger partial charge in [-0.05, 0) is 25.2 Å². The first-order valence-electron chi connectivity index (χ1n) is 10.4. The van der Waals surface area contributed by atoms with Crippen LogP contribution >= 0.6 is 11.3 Å². The Morgan fingerprint density at radius 1 is 1.21 bits per heavy atom. The number of aromatic nitrogens is 1. The SMILES string of the molecule is C=C(NC(=O)C(=C)NC(=O)c1csc(N2CCC(CC(=O)NCCCOC)CC2)n1)C(=O)O. The first kappa shape index (κ1) is 26.0. The van der Waals surface area contributed by atoms with Crippen molar-refractivity contribution in [3.05, 3.63) is 35.6 Å². The summed E-state index contributed by atoms with van der Waals surface area (Å²) in [7, 11) is 1.63. The number of nitrogens with one attached hydrogen (secondary N) is 3. The maximum absolute atomic E-state index is 12.4. The van der Waals surface area contributed by atoms with Gasteiger partial charge >= 0.3 is 5.97 Å². The Labute approximate surface area is 195 Å². The van der Waals surface area contributed by atoms with Gasteiger partial charge in [-0.25, -0.2) is 9.78 Å². The van der Waals surface area contributed by atoms with Crippen molar-refractivity contribution < 1.29 is 29.0 Å². The van der Waals surface area contributed by atoms with Crippen molar-refractivity contribution >= 4 is 40.2 Å². The molecule has 1 fully saturated rings. The summed E-state index contributed by atoms with van der Waals surface area (Å²) in [6, 6.07) is 0. The van der Waals surface area contributed by atoms with Crippen LogP contribution in [0.15, 0.2) is 29.9 Å². The van der Waals surface area contributed by atoms with Gasteiger partial charge in [0.05, 0.1) is 5.70 Å². The molecule has 0 unspecified atom stereocenters. The summed E-state index contributed by atoms with van der Waals surface area (Å²) in [6.07, 6.45) is 2.97. The van der Waals surface area contributed by atoms with E-state index in [2.05, 4.69) is 33.7 Å². The molecule has 180 valence electrons. The number of nitrogens with zero attached hydrogens (tertiary/aromatic N) is 2. The molecule has 0 aromatic carbocycles. The maximum atomic E-state index is 12.4. The van der Waals surface area contributed by atoms with Gasteiger partial charge in [0.1, 0.15) is 11.4 Å². The zero-order chi connectivity index (χ0) is 24.4. The van der Waals surface area contributed by atoms with E-state index in [9.17, 15) is 19.2 Å². The first-order chi connectivity index (χ1) is 15.7. The maximum Gasteiger partial charge on any atom is 0.351 e. The number of piperidine rings is 1. The highest BCUT2D eigenvalue weighted by Crippen LogP contribution is 2.27. The van der Waals surface area contributed by atoms with Crippen LogP contribution in [0.5, 0.6) is 0 Å². The summed E-state index contributed by atoms with van der Waals surface area (Å²) in [4.78, 5) is 53.4. The average Bonchev–Trinajstić information content (AvgIpc) is 3.27. The van der Waals surface area contributed by atoms with E-state index in [1.807, 2.05) is 5.32 Å². The number of ether oxygens (including phenoxy) is 1. The van der Waals surface area contributed by atoms with Crippen LogP contribution in [0.4, 0.5) is 5.13 Å². The second kappa shape index (κ2) is 12.7. The molecular weight excluding hydrogens is 450 g/mol. The number of carbonyl (C=O) groups is 4. The summed E-state index contributed by atoms with van der Waals surface area (Å²) in [5, 5.41) is 18.2. The van der Waals surface area contributed by atoms with E-state index in [0.717, 1.165) is 32.4 Å². The molecule has 0 bridgehead atoms. The van der Waals surface area contributed by atoms with Crippen LogP contribution in [0.1, 0.15) is 36.2 Å². The third-order valence-electron chi connectivity index (χ3n) is 4.99. The van der Waals surface area contributed by atoms with Crippen molar-refractivity contribution in [2.24, 2.45) is 5.92 Å². The van der Waals surface area contributed by atoms with Gasteiger partial charge in [-0.3, -0.25) is 14.4 Å². The quantitative estimate of drug-likeness (QED) is 0.255. The molecule has 4 N–H and O–H groups in total. The predicted octanol–water partition coefficient (Wildman–Crippen LogP) is 0.860. The van der Waals surface area contributed by atoms with E-state index >= 15 is 0 Å². The molecule has 3 amide bonds. The zero-order valence-corrected chi connectivity index (χ0v) is 19.3. The molecule has 11 nitrogen and oxygen atoms in total. The summed E-state index contributed by atoms with van der Waals surface area (Å²) in [5.74, 6) is -2.55. The molecule has 12 heteroatoms. The Morgan fingerprint density at radius 2 is 1.91 bits per heavy atom. The lowest BCUT2D eigenvalue weighted by Gasteiger charge is -2.31. The standard InChI is InChI=1S/C21H29N5O6S/c1-13(18(28)24-14(2)20(30)31)23-19(29)16-12-33-21(25-16)26-8-5-15(6-9-26)11-17(27)22-7-4-10-32-3/h12,15H,1-2,4-11H2,3H3,(H,22,27)(H,23,29)(H,24,28)(H,30,31). The minimum absolute atomic E-state index is 0.0500. The monoisotopic (exact) mass is 479 g/mol. The van der Waals surface area contributed by atoms with Gasteiger partial charge in [-0.15, -0.1) is 11.3 Å². The molecule has 2 rings (SSSR count). The molecule has 2 heterocycles. The van der Waals surface area contributed by atoms with Crippen LogP contribution in [-0.2, 0) is 19.1 Å². The third kappa shape index (κ3) is 8.31. The molecule has 1 aromatic heterocycles. The number of carboxylic acid groups (broad SMARTS) is 1. The highest BCUT2D eigenvalue weighted by molar-refractivity contribution is 7.13. The largest absolute Gasteiger partial charge is 0.477 e. The van der Waals surface area contributed by atoms with Crippen molar-refractivity contribution in [1.82, 2.24) is 20.9 Å². The number of rotatable bonds is 12. The highest BCUT2D eigenvalue weighted by atomic mass is 32.1. The molecule has 0 saturated carbocycles. The third-order valence-corrected chi connectivity index (χ3v) is 5.89. The van der Waals surface area contributed by atoms with E-state index in [-0.39, 0.29) is 17.3 Å². The molecule has 1 aliphatic heterocycles. The van der Waals surface area contributed by atoms with Crippen LogP contribution < -0.4 is 20.9 Å². The molecule has 1 aliphatic rings. The average molecular weight is 480 g/mol. The summed E-state index contributed by atoms with van der Waals surface area (Å²) >= 11 is 1.31. The Hall–Kier alpha value is -3.25. The summed E-state index contributed by atoms with van der Waals surface area (Å²) in [5.41, 5.74) is -0.727. The normalized spacial score (nSPS) is 13.8. The van der Waals surface area contributed by atoms with Crippen molar-refractivity contribution in [2.45, 2.75) is 25.7 Å². The number of thiazole rings is 1. The summed E-state index contributed by atoms with van der Waals surface area (Å²) < 4.78 is 4.96. The highest BCUT2D eigenvalue weighted by Gasteiger charge is 2.24. The van der Waals surface area contributed by atoms with E-state index in [4.69, 9.17) is 9.84 Å². The fourth-order valence-corrected chi connectivity index (χ4v) is 4.00. The smallest absolute Gasteiger partial charge is 0.351 e. The Balaban J connectivity index is 1.79. The Kier molecular flexibility index (Phi) is 10.0. The van der Waals surface area contributed by atoms with Crippen LogP contribution in [0.3, 0.4) is 0 Å². The summed E-state index contributed by atoms with van der Waals surface area (Å²) in [6.45, 7) is 9.30. The van der Waals surface area contributed by atoms with Gasteiger partial charge in [-0.2, -0.15) is 0 Å². The lowest BCUT2D eigenvalue weighted by Crippen LogP contribution is -2.36. The molecule has 33 heavy (non-hydrogen) atoms. The predicted molar refractivity (Wildman–Crippen MR) is 123 cm³/mol. The lowest BCUT2D eigenvalue weighted by atomic mass is 9.93. The van der Waals surface area contributed by atoms with E-state index < -0.39 is 23.5 Å². The van der Waals surface area contributed by atoms with Crippen molar-refractivity contribution in [3.63, 3.8) is 0 Å². The first-order valence-corrected chi connectivity index (χ1v) is 11.3. The zero-order valence-electron chi connectivity index (χ0n) is 18.5. The Morgan fingerprint density at radius 3 is 2.55 bits per heavy atom. The Bertz CT molecular complexity index is 907. The molecule has 1 saturated heterocycles. The van der Waals surface area contributed by atoms with E-state index in [0.29, 0.717) is 30.6 Å². The molecule has 1 aromatic rings. The number of hydrogen-bond acceptors (Lipinski definition) is 8. The number of methoxy groups -OCH3 is 1. The van der Waals surface area contributed by atoms with Crippen LogP contribution in [0.2, 0.25) is 0 Å². The number of amides is 3. The fourth-order valence-electron chi connectivity index (χ4n) is 3.14. The van der Waals surface area contributed by atoms with Crippen LogP contribution in [0, 0.1) is 5.92 Å². The van der Waals surface area contributed by atoms with Gasteiger partial charge < -0.3 is 30.7 Å². The van der Waals surface area contributed by atoms with Crippen molar-refractivity contribution in [3.8, 4) is 0 Å². The molecule has 0 spiro atoms. The van der Waals surface area contributed by atoms with Crippen molar-refractivity contribution in [1.29, 1.82) is 0 Å². The number of hydrogen-bond donors (Lipinski definition) is 4. The topological polar surface area (TPSA) is 150 Å². The minimum Gasteiger partial charge on any atom is -0.477 e. The van der Waals surface area contributed by atoms with Gasteiger partial charge in [0.2, 0.25) is 5.91 Å². The molecule has 0 atom stereocenters. The second-order valence-electron chi connectivity index (χ2n) is 7.52. The van der Waals surface area contributed by atoms with Gasteiger partial charge in [0, 0.05) is 45.2 Å². The van der Waals surface area contributed by atoms with Crippen LogP contribution in [-0.4, -0.2) is 67.1 Å². The number of anilines is 1. The molecule has 0 radical (unpaired) electrons. The van der Waals surface area contributed by atoms with E-state index in [1.165, 1.54) is 11.3 Å². The van der Waals surface area contributed by atoms with Gasteiger partial charge in [0.15, 0.2) is 5.13 Å².